The zero-order chi connectivity index (χ0) is 53.3. The summed E-state index contributed by atoms with van der Waals surface area (Å²) in [5.41, 5.74) is 0.421. The minimum atomic E-state index is -4.32. The summed E-state index contributed by atoms with van der Waals surface area (Å²) in [5, 5.41) is 41.2. The molecular weight excluding hydrogens is 1030 g/mol. The van der Waals surface area contributed by atoms with E-state index in [9.17, 15) is 77.4 Å². The van der Waals surface area contributed by atoms with E-state index in [1.165, 1.54) is 52.0 Å². The molecule has 0 aliphatic carbocycles. The van der Waals surface area contributed by atoms with Crippen molar-refractivity contribution in [3.05, 3.63) is 69.3 Å². The van der Waals surface area contributed by atoms with Crippen molar-refractivity contribution in [1.82, 2.24) is 19.9 Å². The fourth-order valence-electron chi connectivity index (χ4n) is 8.52. The zero-order valence-corrected chi connectivity index (χ0v) is 43.4. The van der Waals surface area contributed by atoms with Gasteiger partial charge in [-0.05, 0) is 122 Å². The SMILES string of the molecule is CCOP(=O)(O)CCC1=C(CC(=O)O)c2cc3nc(cc4[nH]c(cc5[nH]c(cc1n2)c(CC(=O)O)c5CCP(=O)(O)OCC)c(CC(=O)O)c4CCP(=O)(O)OCC)C(CC(=O)O)=C3CCP(=O)(O)OCC. The van der Waals surface area contributed by atoms with E-state index in [4.69, 9.17) is 28.1 Å². The van der Waals surface area contributed by atoms with Crippen molar-refractivity contribution in [2.24, 2.45) is 0 Å². The third kappa shape index (κ3) is 15.6. The number of hydrogen-bond donors (Lipinski definition) is 10. The molecule has 4 atom stereocenters. The number of nitrogens with one attached hydrogen (secondary N) is 2. The number of H-pyrrole nitrogens is 2. The van der Waals surface area contributed by atoms with Crippen LogP contribution in [0.5, 0.6) is 0 Å². The number of nitrogens with zero attached hydrogens (tertiary/aromatic N) is 2. The van der Waals surface area contributed by atoms with Crippen LogP contribution in [0, 0.1) is 0 Å². The number of hydrogen-bond acceptors (Lipinski definition) is 14. The van der Waals surface area contributed by atoms with Crippen LogP contribution in [0.1, 0.15) is 98.4 Å². The Hall–Kier alpha value is -4.92. The Kier molecular flexibility index (Phi) is 19.7. The molecule has 4 unspecified atom stereocenters. The van der Waals surface area contributed by atoms with Crippen LogP contribution in [0.3, 0.4) is 0 Å². The number of allylic oxidation sites excluding steroid dienone is 2. The summed E-state index contributed by atoms with van der Waals surface area (Å²) in [6.07, 6.45) is -6.44. The summed E-state index contributed by atoms with van der Waals surface area (Å²) in [7, 11) is -17.3. The third-order valence-electron chi connectivity index (χ3n) is 11.4. The first-order valence-electron chi connectivity index (χ1n) is 22.7. The van der Waals surface area contributed by atoms with Crippen molar-refractivity contribution in [2.75, 3.05) is 51.1 Å². The van der Waals surface area contributed by atoms with Crippen molar-refractivity contribution in [2.45, 2.75) is 79.1 Å². The highest BCUT2D eigenvalue weighted by atomic mass is 31.2. The Bertz CT molecular complexity index is 3050. The molecule has 0 saturated heterocycles. The van der Waals surface area contributed by atoms with Gasteiger partial charge in [0, 0.05) is 22.1 Å². The van der Waals surface area contributed by atoms with Gasteiger partial charge in [0.1, 0.15) is 0 Å². The molecule has 5 heterocycles. The van der Waals surface area contributed by atoms with Crippen LogP contribution in [-0.4, -0.2) is 135 Å². The lowest BCUT2D eigenvalue weighted by Gasteiger charge is -2.13. The minimum Gasteiger partial charge on any atom is -0.481 e. The molecule has 28 heteroatoms. The van der Waals surface area contributed by atoms with Crippen molar-refractivity contribution in [3.8, 4) is 0 Å². The van der Waals surface area contributed by atoms with Gasteiger partial charge in [0.2, 0.25) is 0 Å². The summed E-state index contributed by atoms with van der Waals surface area (Å²) in [6.45, 7) is 5.38. The molecule has 2 aliphatic heterocycles. The maximum Gasteiger partial charge on any atom is 0.328 e. The predicted octanol–water partition coefficient (Wildman–Crippen LogP) is 7.09. The average Bonchev–Trinajstić information content (AvgIpc) is 3.94. The standard InChI is InChI=1S/C44H58N4O20P4/c1-5-65-69(57,58)13-9-25-29(17-41(49)50)37-22-34-27(11-15-71(61,62)67-7-3)31(19-43(53)54)39(47-34)24-36-28(12-16-72(63,64)68-8-4)32(20-44(55)56)40(48-36)23-35-26(10-14-70(59,60)66-6-2)30(18-42(51)52)38(46-35)21-33(25)45-37/h21-24,45-46H,5-20H2,1-4H3,(H,49,50)(H,51,52)(H,53,54)(H,55,56)(H,57,58)(H,59,60)(H,61,62)(H,63,64). The molecule has 3 aromatic rings. The zero-order valence-electron chi connectivity index (χ0n) is 39.8. The normalized spacial score (nSPS) is 16.2. The van der Waals surface area contributed by atoms with Gasteiger partial charge < -0.3 is 68.1 Å². The lowest BCUT2D eigenvalue weighted by Crippen LogP contribution is -2.05. The highest BCUT2D eigenvalue weighted by Gasteiger charge is 2.32. The van der Waals surface area contributed by atoms with Crippen LogP contribution in [-0.2, 0) is 81.2 Å². The van der Waals surface area contributed by atoms with Crippen LogP contribution in [0.25, 0.3) is 44.4 Å². The number of carbonyl (C=O) groups is 4. The summed E-state index contributed by atoms with van der Waals surface area (Å²) in [4.78, 5) is 109. The fourth-order valence-corrected chi connectivity index (χ4v) is 12.7. The molecule has 72 heavy (non-hydrogen) atoms. The Labute approximate surface area is 412 Å². The maximum absolute atomic E-state index is 13.2. The average molecular weight is 1090 g/mol. The smallest absolute Gasteiger partial charge is 0.328 e. The number of aromatic nitrogens is 4. The number of aliphatic carboxylic acids is 4. The van der Waals surface area contributed by atoms with E-state index < -0.39 is 105 Å². The summed E-state index contributed by atoms with van der Waals surface area (Å²) in [6, 6.07) is 5.40. The van der Waals surface area contributed by atoms with Crippen LogP contribution in [0.2, 0.25) is 0 Å². The van der Waals surface area contributed by atoms with Gasteiger partial charge in [0.05, 0.1) is 99.5 Å². The van der Waals surface area contributed by atoms with Crippen LogP contribution >= 0.6 is 30.4 Å². The van der Waals surface area contributed by atoms with E-state index in [0.717, 1.165) is 0 Å². The number of carboxylic acid groups (broad SMARTS) is 4. The van der Waals surface area contributed by atoms with Crippen LogP contribution in [0.15, 0.2) is 24.3 Å². The lowest BCUT2D eigenvalue weighted by atomic mass is 9.97. The highest BCUT2D eigenvalue weighted by Crippen LogP contribution is 2.49. The summed E-state index contributed by atoms with van der Waals surface area (Å²) < 4.78 is 73.0. The topological polar surface area (TPSA) is 393 Å². The molecule has 0 saturated carbocycles. The van der Waals surface area contributed by atoms with Gasteiger partial charge in [-0.15, -0.1) is 0 Å². The van der Waals surface area contributed by atoms with Crippen LogP contribution < -0.4 is 0 Å². The van der Waals surface area contributed by atoms with Crippen LogP contribution in [0.4, 0.5) is 0 Å². The molecule has 10 N–H and O–H groups in total. The molecule has 0 radical (unpaired) electrons. The lowest BCUT2D eigenvalue weighted by molar-refractivity contribution is -0.137. The fraction of sp³-hybridized carbons (Fsp3) is 0.455. The highest BCUT2D eigenvalue weighted by molar-refractivity contribution is 7.53. The number of aromatic amines is 2. The maximum atomic E-state index is 13.2. The molecule has 0 fully saturated rings. The summed E-state index contributed by atoms with van der Waals surface area (Å²) in [5.74, 6) is -5.47. The molecule has 24 nitrogen and oxygen atoms in total. The molecular formula is C44H58N4O20P4. The monoisotopic (exact) mass is 1090 g/mol. The quantitative estimate of drug-likeness (QED) is 0.0324. The van der Waals surface area contributed by atoms with E-state index in [1.54, 1.807) is 0 Å². The van der Waals surface area contributed by atoms with Crippen molar-refractivity contribution in [3.63, 3.8) is 0 Å². The molecule has 3 aromatic heterocycles. The van der Waals surface area contributed by atoms with Gasteiger partial charge in [0.25, 0.3) is 0 Å². The van der Waals surface area contributed by atoms with Gasteiger partial charge in [-0.2, -0.15) is 0 Å². The van der Waals surface area contributed by atoms with Crippen molar-refractivity contribution in [1.29, 1.82) is 0 Å². The molecule has 2 aliphatic rings. The largest absolute Gasteiger partial charge is 0.481 e. The van der Waals surface area contributed by atoms with Crippen molar-refractivity contribution < 1.29 is 95.5 Å². The molecule has 394 valence electrons. The number of aryl methyl sites for hydroxylation is 2. The third-order valence-corrected chi connectivity index (χ3v) is 17.2. The molecule has 8 bridgehead atoms. The van der Waals surface area contributed by atoms with Gasteiger partial charge >= 0.3 is 54.3 Å². The van der Waals surface area contributed by atoms with Gasteiger partial charge in [-0.1, -0.05) is 0 Å². The van der Waals surface area contributed by atoms with E-state index >= 15 is 0 Å². The first-order chi connectivity index (χ1) is 33.7. The summed E-state index contributed by atoms with van der Waals surface area (Å²) >= 11 is 0. The van der Waals surface area contributed by atoms with E-state index in [0.29, 0.717) is 0 Å². The Morgan fingerprint density at radius 2 is 0.694 bits per heavy atom. The second-order valence-electron chi connectivity index (χ2n) is 16.5. The number of rotatable bonds is 28. The predicted molar refractivity (Wildman–Crippen MR) is 264 cm³/mol. The first kappa shape index (κ1) is 58.0. The second kappa shape index (κ2) is 24.4. The Morgan fingerprint density at radius 1 is 0.417 bits per heavy atom. The second-order valence-corrected chi connectivity index (χ2v) is 24.4. The van der Waals surface area contributed by atoms with Gasteiger partial charge in [0.15, 0.2) is 0 Å². The van der Waals surface area contributed by atoms with Crippen molar-refractivity contribution >= 4 is 98.6 Å². The molecule has 0 aromatic carbocycles. The molecule has 0 amide bonds. The van der Waals surface area contributed by atoms with E-state index in [2.05, 4.69) is 9.97 Å². The molecule has 0 spiro atoms. The molecule has 5 rings (SSSR count). The Morgan fingerprint density at radius 3 is 1.04 bits per heavy atom. The van der Waals surface area contributed by atoms with E-state index in [1.807, 2.05) is 0 Å². The Balaban J connectivity index is 2.10. The van der Waals surface area contributed by atoms with Gasteiger partial charge in [-0.3, -0.25) is 37.4 Å². The minimum absolute atomic E-state index is 0.00391. The van der Waals surface area contributed by atoms with Gasteiger partial charge in [-0.25, -0.2) is 9.97 Å². The number of carboxylic acids is 4. The first-order valence-corrected chi connectivity index (χ1v) is 29.7. The number of fused-ring (bicyclic) bond motifs is 8. The van der Waals surface area contributed by atoms with E-state index in [-0.39, 0.29) is 141 Å².